The van der Waals surface area contributed by atoms with Gasteiger partial charge in [-0.05, 0) is 75.1 Å². The topological polar surface area (TPSA) is 50.5 Å². The molecule has 0 N–H and O–H groups in total. The summed E-state index contributed by atoms with van der Waals surface area (Å²) < 4.78 is 0. The van der Waals surface area contributed by atoms with Crippen LogP contribution in [0, 0.1) is 0 Å². The number of benzene rings is 5. The van der Waals surface area contributed by atoms with Gasteiger partial charge >= 0.3 is 0 Å². The van der Waals surface area contributed by atoms with Gasteiger partial charge in [0.2, 0.25) is 0 Å². The molecule has 41 heavy (non-hydrogen) atoms. The van der Waals surface area contributed by atoms with Crippen LogP contribution in [0.3, 0.4) is 0 Å². The summed E-state index contributed by atoms with van der Waals surface area (Å²) in [4.78, 5) is 9.04. The first-order valence-corrected chi connectivity index (χ1v) is 13.7. The lowest BCUT2D eigenvalue weighted by molar-refractivity contribution is 0.809. The second-order valence-electron chi connectivity index (χ2n) is 9.99. The molecule has 5 aromatic carbocycles. The molecule has 2 aromatic heterocycles. The van der Waals surface area contributed by atoms with Gasteiger partial charge in [-0.25, -0.2) is 4.98 Å². The molecule has 0 aliphatic heterocycles. The monoisotopic (exact) mass is 526 g/mol. The zero-order valence-corrected chi connectivity index (χ0v) is 22.3. The van der Waals surface area contributed by atoms with Gasteiger partial charge < -0.3 is 0 Å². The van der Waals surface area contributed by atoms with Crippen molar-refractivity contribution in [3.05, 3.63) is 163 Å². The van der Waals surface area contributed by atoms with Crippen molar-refractivity contribution in [2.24, 2.45) is 10.2 Å². The van der Waals surface area contributed by atoms with Crippen LogP contribution < -0.4 is 0 Å². The number of fused-ring (bicyclic) bond motifs is 3. The highest BCUT2D eigenvalue weighted by molar-refractivity contribution is 6.09. The Balaban J connectivity index is 1.21. The van der Waals surface area contributed by atoms with Crippen LogP contribution in [-0.2, 0) is 0 Å². The van der Waals surface area contributed by atoms with Crippen molar-refractivity contribution in [1.82, 2.24) is 9.97 Å². The maximum Gasteiger partial charge on any atom is 0.121 e. The molecule has 4 heteroatoms. The van der Waals surface area contributed by atoms with Gasteiger partial charge in [0.05, 0.1) is 17.1 Å². The van der Waals surface area contributed by atoms with E-state index < -0.39 is 0 Å². The number of rotatable bonds is 6. The quantitative estimate of drug-likeness (QED) is 0.160. The highest BCUT2D eigenvalue weighted by Gasteiger charge is 2.13. The Morgan fingerprint density at radius 1 is 0.488 bits per heavy atom. The Labute approximate surface area is 238 Å². The molecule has 0 spiro atoms. The zero-order valence-electron chi connectivity index (χ0n) is 22.3. The first kappa shape index (κ1) is 24.6. The lowest BCUT2D eigenvalue weighted by atomic mass is 9.98. The summed E-state index contributed by atoms with van der Waals surface area (Å²) in [5, 5.41) is 14.2. The summed E-state index contributed by atoms with van der Waals surface area (Å²) in [6.07, 6.45) is 3.59. The van der Waals surface area contributed by atoms with E-state index in [0.29, 0.717) is 0 Å². The van der Waals surface area contributed by atoms with Crippen LogP contribution in [0.25, 0.3) is 44.1 Å². The van der Waals surface area contributed by atoms with E-state index in [-0.39, 0.29) is 6.04 Å². The summed E-state index contributed by atoms with van der Waals surface area (Å²) in [7, 11) is 0. The zero-order chi connectivity index (χ0) is 27.4. The van der Waals surface area contributed by atoms with E-state index in [1.165, 1.54) is 16.2 Å². The predicted octanol–water partition coefficient (Wildman–Crippen LogP) is 9.99. The van der Waals surface area contributed by atoms with Crippen LogP contribution in [0.4, 0.5) is 5.69 Å². The second kappa shape index (κ2) is 10.9. The molecule has 0 aliphatic rings. The first-order chi connectivity index (χ1) is 20.3. The number of aromatic nitrogens is 2. The van der Waals surface area contributed by atoms with E-state index in [2.05, 4.69) is 89.0 Å². The minimum atomic E-state index is -0.159. The van der Waals surface area contributed by atoms with Gasteiger partial charge in [0.15, 0.2) is 0 Å². The third-order valence-electron chi connectivity index (χ3n) is 7.36. The Bertz CT molecular complexity index is 1950. The lowest BCUT2D eigenvalue weighted by Crippen LogP contribution is -1.96. The minimum absolute atomic E-state index is 0.159. The van der Waals surface area contributed by atoms with Crippen molar-refractivity contribution in [2.45, 2.75) is 6.04 Å². The molecule has 2 heterocycles. The average Bonchev–Trinajstić information content (AvgIpc) is 3.06. The first-order valence-electron chi connectivity index (χ1n) is 13.7. The number of azo groups is 1. The number of hydrogen-bond donors (Lipinski definition) is 0. The van der Waals surface area contributed by atoms with E-state index in [9.17, 15) is 0 Å². The smallest absolute Gasteiger partial charge is 0.121 e. The lowest BCUT2D eigenvalue weighted by Gasteiger charge is -2.12. The fourth-order valence-electron chi connectivity index (χ4n) is 5.28. The van der Waals surface area contributed by atoms with Crippen LogP contribution in [0.1, 0.15) is 17.2 Å². The second-order valence-corrected chi connectivity index (χ2v) is 9.99. The standard InChI is InChI=1S/C37H26N4/c1-3-8-27(9-4-1)37(28-10-5-2-6-11-28)41-40-32-17-19-34-30(25-32)15-14-29-24-31(16-18-33(29)34)36-13-7-12-35(39-36)26-20-22-38-23-21-26/h1-25,37H. The Morgan fingerprint density at radius 2 is 1.10 bits per heavy atom. The molecule has 0 saturated carbocycles. The van der Waals surface area contributed by atoms with Crippen LogP contribution in [0.2, 0.25) is 0 Å². The molecule has 7 rings (SSSR count). The fourth-order valence-corrected chi connectivity index (χ4v) is 5.28. The average molecular weight is 527 g/mol. The Hall–Kier alpha value is -5.48. The summed E-state index contributed by atoms with van der Waals surface area (Å²) in [6, 6.07) is 47.8. The van der Waals surface area contributed by atoms with E-state index in [0.717, 1.165) is 44.7 Å². The number of hydrogen-bond acceptors (Lipinski definition) is 4. The van der Waals surface area contributed by atoms with E-state index >= 15 is 0 Å². The van der Waals surface area contributed by atoms with Crippen LogP contribution in [-0.4, -0.2) is 9.97 Å². The number of pyridine rings is 2. The minimum Gasteiger partial charge on any atom is -0.265 e. The maximum atomic E-state index is 4.92. The van der Waals surface area contributed by atoms with Gasteiger partial charge in [-0.1, -0.05) is 97.1 Å². The Kier molecular flexibility index (Phi) is 6.56. The molecule has 0 radical (unpaired) electrons. The van der Waals surface area contributed by atoms with Gasteiger partial charge in [-0.15, -0.1) is 0 Å². The third-order valence-corrected chi connectivity index (χ3v) is 7.36. The molecule has 194 valence electrons. The van der Waals surface area contributed by atoms with Crippen LogP contribution >= 0.6 is 0 Å². The summed E-state index contributed by atoms with van der Waals surface area (Å²) in [5.74, 6) is 0. The van der Waals surface area contributed by atoms with Crippen molar-refractivity contribution >= 4 is 27.2 Å². The highest BCUT2D eigenvalue weighted by atomic mass is 15.1. The van der Waals surface area contributed by atoms with E-state index in [4.69, 9.17) is 10.1 Å². The van der Waals surface area contributed by atoms with Gasteiger partial charge in [0.25, 0.3) is 0 Å². The van der Waals surface area contributed by atoms with Crippen molar-refractivity contribution in [3.63, 3.8) is 0 Å². The van der Waals surface area contributed by atoms with Gasteiger partial charge in [0.1, 0.15) is 6.04 Å². The summed E-state index contributed by atoms with van der Waals surface area (Å²) in [5.41, 5.74) is 7.10. The van der Waals surface area contributed by atoms with Crippen LogP contribution in [0.5, 0.6) is 0 Å². The maximum absolute atomic E-state index is 4.92. The van der Waals surface area contributed by atoms with E-state index in [1.807, 2.05) is 60.7 Å². The van der Waals surface area contributed by atoms with Gasteiger partial charge in [-0.2, -0.15) is 10.2 Å². The molecule has 0 fully saturated rings. The predicted molar refractivity (Wildman–Crippen MR) is 167 cm³/mol. The van der Waals surface area contributed by atoms with Crippen molar-refractivity contribution in [1.29, 1.82) is 0 Å². The highest BCUT2D eigenvalue weighted by Crippen LogP contribution is 2.33. The Morgan fingerprint density at radius 3 is 1.78 bits per heavy atom. The molecule has 0 unspecified atom stereocenters. The van der Waals surface area contributed by atoms with Gasteiger partial charge in [-0.3, -0.25) is 4.98 Å². The molecule has 0 atom stereocenters. The summed E-state index contributed by atoms with van der Waals surface area (Å²) in [6.45, 7) is 0. The molecule has 0 aliphatic carbocycles. The van der Waals surface area contributed by atoms with Crippen molar-refractivity contribution in [2.75, 3.05) is 0 Å². The number of nitrogens with zero attached hydrogens (tertiary/aromatic N) is 4. The molecule has 0 bridgehead atoms. The SMILES string of the molecule is c1ccc(C(N=Nc2ccc3c(ccc4cc(-c5cccc(-c6ccncc6)n5)ccc43)c2)c2ccccc2)cc1. The fraction of sp³-hybridized carbons (Fsp3) is 0.0270. The molecular weight excluding hydrogens is 500 g/mol. The molecule has 4 nitrogen and oxygen atoms in total. The van der Waals surface area contributed by atoms with Crippen LogP contribution in [0.15, 0.2) is 162 Å². The summed E-state index contributed by atoms with van der Waals surface area (Å²) >= 11 is 0. The van der Waals surface area contributed by atoms with Crippen molar-refractivity contribution < 1.29 is 0 Å². The normalized spacial score (nSPS) is 11.5. The largest absolute Gasteiger partial charge is 0.265 e. The molecule has 7 aromatic rings. The third kappa shape index (κ3) is 5.11. The van der Waals surface area contributed by atoms with Crippen molar-refractivity contribution in [3.8, 4) is 22.5 Å². The molecule has 0 saturated heterocycles. The molecule has 0 amide bonds. The van der Waals surface area contributed by atoms with Gasteiger partial charge in [0, 0.05) is 23.5 Å². The molecular formula is C37H26N4. The van der Waals surface area contributed by atoms with E-state index in [1.54, 1.807) is 12.4 Å².